The molecule has 0 bridgehead atoms. The van der Waals surface area contributed by atoms with Crippen molar-refractivity contribution in [2.45, 2.75) is 13.3 Å². The summed E-state index contributed by atoms with van der Waals surface area (Å²) in [5.74, 6) is 0.501. The average Bonchev–Trinajstić information content (AvgIpc) is 3.48. The molecule has 9 heteroatoms. The minimum atomic E-state index is -0.295. The van der Waals surface area contributed by atoms with E-state index in [4.69, 9.17) is 5.10 Å². The summed E-state index contributed by atoms with van der Waals surface area (Å²) in [4.78, 5) is 22.2. The number of aryl methyl sites for hydroxylation is 1. The van der Waals surface area contributed by atoms with Crippen LogP contribution in [0, 0.1) is 12.7 Å². The quantitative estimate of drug-likeness (QED) is 0.390. The van der Waals surface area contributed by atoms with Gasteiger partial charge in [-0.25, -0.2) is 23.2 Å². The second kappa shape index (κ2) is 7.51. The highest BCUT2D eigenvalue weighted by molar-refractivity contribution is 7.08. The molecule has 0 aliphatic carbocycles. The Labute approximate surface area is 181 Å². The van der Waals surface area contributed by atoms with Crippen molar-refractivity contribution in [2.24, 2.45) is 7.05 Å². The van der Waals surface area contributed by atoms with E-state index < -0.39 is 0 Å². The number of benzene rings is 1. The Hall–Kier alpha value is -3.72. The highest BCUT2D eigenvalue weighted by atomic mass is 32.1. The van der Waals surface area contributed by atoms with Crippen LogP contribution < -0.4 is 0 Å². The molecule has 0 aliphatic rings. The Morgan fingerprint density at radius 1 is 1.10 bits per heavy atom. The van der Waals surface area contributed by atoms with Crippen molar-refractivity contribution in [3.05, 3.63) is 77.1 Å². The van der Waals surface area contributed by atoms with Gasteiger partial charge in [0.25, 0.3) is 0 Å². The number of ketones is 1. The van der Waals surface area contributed by atoms with E-state index in [9.17, 15) is 9.18 Å². The number of hydrogen-bond acceptors (Lipinski definition) is 6. The minimum Gasteiger partial charge on any atom is -0.330 e. The fourth-order valence-corrected chi connectivity index (χ4v) is 4.00. The first-order chi connectivity index (χ1) is 15.0. The molecule has 4 aromatic heterocycles. The molecule has 1 aromatic carbocycles. The van der Waals surface area contributed by atoms with Crippen LogP contribution in [0.15, 0.2) is 54.9 Å². The number of nitrogens with zero attached hydrogens (tertiary/aromatic N) is 6. The summed E-state index contributed by atoms with van der Waals surface area (Å²) in [5.41, 5.74) is 4.35. The van der Waals surface area contributed by atoms with Crippen molar-refractivity contribution in [3.8, 4) is 22.6 Å². The van der Waals surface area contributed by atoms with Crippen LogP contribution in [-0.4, -0.2) is 34.3 Å². The van der Waals surface area contributed by atoms with Crippen LogP contribution in [0.25, 0.3) is 28.3 Å². The Kier molecular flexibility index (Phi) is 4.67. The first-order valence-electron chi connectivity index (χ1n) is 9.58. The van der Waals surface area contributed by atoms with Crippen molar-refractivity contribution in [1.29, 1.82) is 0 Å². The fraction of sp³-hybridized carbons (Fsp3) is 0.136. The number of Topliss-reactive ketones (excluding diaryl/α,β-unsaturated/α-hetero) is 1. The second-order valence-corrected chi connectivity index (χ2v) is 7.99. The maximum atomic E-state index is 13.4. The SMILES string of the molecule is Cc1nc(-c2ccc(F)cc2)c(-c2ccc3nc(CC(=O)c4ccns4)cn3n2)n1C. The van der Waals surface area contributed by atoms with E-state index in [-0.39, 0.29) is 18.0 Å². The van der Waals surface area contributed by atoms with E-state index in [2.05, 4.69) is 14.3 Å². The Balaban J connectivity index is 1.54. The standard InChI is InChI=1S/C22H17FN6OS/c1-13-25-21(14-3-5-15(23)6-4-14)22(28(13)2)17-7-8-20-26-16(12-29(20)27-17)11-18(30)19-9-10-24-31-19/h3-10,12H,11H2,1-2H3. The predicted molar refractivity (Wildman–Crippen MR) is 115 cm³/mol. The fourth-order valence-electron chi connectivity index (χ4n) is 3.47. The van der Waals surface area contributed by atoms with Gasteiger partial charge in [-0.1, -0.05) is 0 Å². The van der Waals surface area contributed by atoms with Gasteiger partial charge in [0.2, 0.25) is 0 Å². The molecule has 0 saturated heterocycles. The monoisotopic (exact) mass is 432 g/mol. The number of imidazole rings is 2. The first-order valence-corrected chi connectivity index (χ1v) is 10.4. The third-order valence-electron chi connectivity index (χ3n) is 5.10. The Morgan fingerprint density at radius 3 is 2.65 bits per heavy atom. The van der Waals surface area contributed by atoms with Crippen LogP contribution in [0.2, 0.25) is 0 Å². The van der Waals surface area contributed by atoms with Gasteiger partial charge in [-0.15, -0.1) is 0 Å². The number of hydrogen-bond donors (Lipinski definition) is 0. The van der Waals surface area contributed by atoms with Crippen LogP contribution in [0.3, 0.4) is 0 Å². The summed E-state index contributed by atoms with van der Waals surface area (Å²) in [6.45, 7) is 1.91. The molecular weight excluding hydrogens is 415 g/mol. The van der Waals surface area contributed by atoms with E-state index in [1.54, 1.807) is 35.1 Å². The van der Waals surface area contributed by atoms with E-state index in [0.717, 1.165) is 22.8 Å². The van der Waals surface area contributed by atoms with Crippen LogP contribution in [0.5, 0.6) is 0 Å². The number of carbonyl (C=O) groups excluding carboxylic acids is 1. The molecule has 0 atom stereocenters. The van der Waals surface area contributed by atoms with Gasteiger partial charge < -0.3 is 4.57 Å². The Morgan fingerprint density at radius 2 is 1.90 bits per heavy atom. The molecule has 5 rings (SSSR count). The van der Waals surface area contributed by atoms with Crippen LogP contribution in [0.4, 0.5) is 4.39 Å². The molecule has 5 aromatic rings. The number of rotatable bonds is 5. The van der Waals surface area contributed by atoms with Gasteiger partial charge in [-0.05, 0) is 60.9 Å². The molecule has 0 spiro atoms. The third-order valence-corrected chi connectivity index (χ3v) is 5.89. The highest BCUT2D eigenvalue weighted by Gasteiger charge is 2.19. The van der Waals surface area contributed by atoms with Crippen LogP contribution in [-0.2, 0) is 13.5 Å². The lowest BCUT2D eigenvalue weighted by atomic mass is 10.1. The zero-order valence-corrected chi connectivity index (χ0v) is 17.6. The Bertz CT molecular complexity index is 1400. The number of aromatic nitrogens is 6. The zero-order chi connectivity index (χ0) is 21.5. The normalized spacial score (nSPS) is 11.3. The van der Waals surface area contributed by atoms with Crippen molar-refractivity contribution in [1.82, 2.24) is 28.5 Å². The van der Waals surface area contributed by atoms with E-state index >= 15 is 0 Å². The molecule has 31 heavy (non-hydrogen) atoms. The lowest BCUT2D eigenvalue weighted by Gasteiger charge is -2.07. The first kappa shape index (κ1) is 19.3. The average molecular weight is 432 g/mol. The summed E-state index contributed by atoms with van der Waals surface area (Å²) in [7, 11) is 1.92. The third kappa shape index (κ3) is 3.53. The smallest absolute Gasteiger partial charge is 0.180 e. The maximum absolute atomic E-state index is 13.4. The number of carbonyl (C=O) groups is 1. The molecule has 0 N–H and O–H groups in total. The second-order valence-electron chi connectivity index (χ2n) is 7.15. The highest BCUT2D eigenvalue weighted by Crippen LogP contribution is 2.31. The molecule has 0 aliphatic heterocycles. The zero-order valence-electron chi connectivity index (χ0n) is 16.8. The lowest BCUT2D eigenvalue weighted by Crippen LogP contribution is -2.01. The molecule has 4 heterocycles. The van der Waals surface area contributed by atoms with Gasteiger partial charge in [0.1, 0.15) is 17.3 Å². The maximum Gasteiger partial charge on any atom is 0.180 e. The molecule has 0 radical (unpaired) electrons. The van der Waals surface area contributed by atoms with Crippen molar-refractivity contribution < 1.29 is 9.18 Å². The predicted octanol–water partition coefficient (Wildman–Crippen LogP) is 4.13. The van der Waals surface area contributed by atoms with Crippen LogP contribution in [0.1, 0.15) is 21.2 Å². The van der Waals surface area contributed by atoms with Crippen molar-refractivity contribution in [2.75, 3.05) is 0 Å². The summed E-state index contributed by atoms with van der Waals surface area (Å²) >= 11 is 1.18. The van der Waals surface area contributed by atoms with Gasteiger partial charge in [-0.3, -0.25) is 4.79 Å². The minimum absolute atomic E-state index is 0.0213. The summed E-state index contributed by atoms with van der Waals surface area (Å²) in [6, 6.07) is 11.7. The van der Waals surface area contributed by atoms with E-state index in [1.165, 1.54) is 23.7 Å². The van der Waals surface area contributed by atoms with Gasteiger partial charge in [0.15, 0.2) is 11.4 Å². The summed E-state index contributed by atoms with van der Waals surface area (Å²) in [6.07, 6.45) is 3.56. The molecule has 154 valence electrons. The lowest BCUT2D eigenvalue weighted by molar-refractivity contribution is 0.0996. The molecule has 0 amide bonds. The van der Waals surface area contributed by atoms with Crippen molar-refractivity contribution in [3.63, 3.8) is 0 Å². The molecule has 0 saturated carbocycles. The topological polar surface area (TPSA) is 78.0 Å². The van der Waals surface area contributed by atoms with Gasteiger partial charge in [-0.2, -0.15) is 5.10 Å². The molecular formula is C22H17FN6OS. The number of halogens is 1. The number of fused-ring (bicyclic) bond motifs is 1. The van der Waals surface area contributed by atoms with E-state index in [0.29, 0.717) is 21.9 Å². The van der Waals surface area contributed by atoms with Crippen molar-refractivity contribution >= 4 is 23.0 Å². The van der Waals surface area contributed by atoms with Crippen LogP contribution >= 0.6 is 11.5 Å². The summed E-state index contributed by atoms with van der Waals surface area (Å²) < 4.78 is 21.0. The molecule has 0 fully saturated rings. The largest absolute Gasteiger partial charge is 0.330 e. The molecule has 0 unspecified atom stereocenters. The summed E-state index contributed by atoms with van der Waals surface area (Å²) in [5, 5.41) is 4.71. The van der Waals surface area contributed by atoms with Gasteiger partial charge >= 0.3 is 0 Å². The van der Waals surface area contributed by atoms with E-state index in [1.807, 2.05) is 30.7 Å². The van der Waals surface area contributed by atoms with Gasteiger partial charge in [0, 0.05) is 18.8 Å². The molecule has 7 nitrogen and oxygen atoms in total. The van der Waals surface area contributed by atoms with Gasteiger partial charge in [0.05, 0.1) is 34.6 Å².